The van der Waals surface area contributed by atoms with Crippen LogP contribution in [0.2, 0.25) is 0 Å². The summed E-state index contributed by atoms with van der Waals surface area (Å²) in [7, 11) is 0. The smallest absolute Gasteiger partial charge is 0.408 e. The lowest BCUT2D eigenvalue weighted by molar-refractivity contribution is 0.134. The van der Waals surface area contributed by atoms with E-state index in [0.29, 0.717) is 11.6 Å². The number of carbonyl (C=O) groups is 1. The molecule has 8 heteroatoms. The Morgan fingerprint density at radius 1 is 1.00 bits per heavy atom. The lowest BCUT2D eigenvalue weighted by Gasteiger charge is -2.17. The predicted octanol–water partition coefficient (Wildman–Crippen LogP) is 4.09. The molecule has 142 valence electrons. The van der Waals surface area contributed by atoms with E-state index >= 15 is 0 Å². The van der Waals surface area contributed by atoms with Gasteiger partial charge in [-0.2, -0.15) is 0 Å². The van der Waals surface area contributed by atoms with Gasteiger partial charge < -0.3 is 13.9 Å². The minimum Gasteiger partial charge on any atom is -0.465 e. The van der Waals surface area contributed by atoms with Gasteiger partial charge in [0, 0.05) is 24.5 Å². The van der Waals surface area contributed by atoms with Crippen molar-refractivity contribution in [3.05, 3.63) is 91.4 Å². The molecular formula is C20H18N4O4. The first kappa shape index (κ1) is 18.8. The Kier molecular flexibility index (Phi) is 6.51. The lowest BCUT2D eigenvalue weighted by Crippen LogP contribution is -2.28. The van der Waals surface area contributed by atoms with Crippen molar-refractivity contribution >= 4 is 6.09 Å². The van der Waals surface area contributed by atoms with Crippen molar-refractivity contribution in [2.45, 2.75) is 13.1 Å². The third kappa shape index (κ3) is 5.53. The van der Waals surface area contributed by atoms with Gasteiger partial charge in [0.1, 0.15) is 24.8 Å². The summed E-state index contributed by atoms with van der Waals surface area (Å²) in [5.41, 5.74) is 2.45. The standard InChI is InChI=1S/C17H15N3O3.C3H3NO/c21-17(22)20(10-13-4-2-1-3-5-13)11-16-19-15(12-23-16)14-6-8-18-9-7-14;1-2-5-3-4-1/h1-9,12H,10-11H2,(H,21,22);1-3H. The van der Waals surface area contributed by atoms with Gasteiger partial charge in [0.05, 0.1) is 6.20 Å². The number of nitrogens with zero attached hydrogens (tertiary/aromatic N) is 4. The normalized spacial score (nSPS) is 10.0. The van der Waals surface area contributed by atoms with Crippen LogP contribution in [0.4, 0.5) is 4.79 Å². The van der Waals surface area contributed by atoms with Gasteiger partial charge in [0.25, 0.3) is 0 Å². The Hall–Kier alpha value is -3.94. The molecule has 0 atom stereocenters. The first-order valence-corrected chi connectivity index (χ1v) is 8.41. The van der Waals surface area contributed by atoms with Gasteiger partial charge in [-0.05, 0) is 17.7 Å². The Morgan fingerprint density at radius 3 is 2.39 bits per heavy atom. The molecule has 1 N–H and O–H groups in total. The Bertz CT molecular complexity index is 939. The molecule has 28 heavy (non-hydrogen) atoms. The highest BCUT2D eigenvalue weighted by atomic mass is 16.4. The molecule has 0 unspecified atom stereocenters. The van der Waals surface area contributed by atoms with Gasteiger partial charge in [0.2, 0.25) is 5.89 Å². The number of carboxylic acid groups (broad SMARTS) is 1. The van der Waals surface area contributed by atoms with Crippen LogP contribution in [0.25, 0.3) is 11.3 Å². The van der Waals surface area contributed by atoms with E-state index in [9.17, 15) is 9.90 Å². The summed E-state index contributed by atoms with van der Waals surface area (Å²) in [4.78, 5) is 24.5. The molecule has 4 aromatic rings. The average Bonchev–Trinajstić information content (AvgIpc) is 3.44. The molecule has 4 rings (SSSR count). The van der Waals surface area contributed by atoms with E-state index in [1.807, 2.05) is 42.5 Å². The number of aromatic nitrogens is 3. The van der Waals surface area contributed by atoms with Crippen molar-refractivity contribution < 1.29 is 18.7 Å². The first-order valence-electron chi connectivity index (χ1n) is 8.41. The molecule has 3 aromatic heterocycles. The molecule has 0 aliphatic rings. The molecule has 0 bridgehead atoms. The maximum atomic E-state index is 11.4. The molecule has 0 saturated carbocycles. The summed E-state index contributed by atoms with van der Waals surface area (Å²) in [5, 5.41) is 9.37. The van der Waals surface area contributed by atoms with E-state index in [1.54, 1.807) is 18.6 Å². The van der Waals surface area contributed by atoms with E-state index in [1.165, 1.54) is 23.8 Å². The van der Waals surface area contributed by atoms with E-state index in [-0.39, 0.29) is 13.1 Å². The molecule has 0 spiro atoms. The van der Waals surface area contributed by atoms with Crippen molar-refractivity contribution in [2.75, 3.05) is 0 Å². The monoisotopic (exact) mass is 378 g/mol. The summed E-state index contributed by atoms with van der Waals surface area (Å²) in [6.07, 6.45) is 8.32. The van der Waals surface area contributed by atoms with Crippen LogP contribution < -0.4 is 0 Å². The largest absolute Gasteiger partial charge is 0.465 e. The minimum atomic E-state index is -1.02. The van der Waals surface area contributed by atoms with E-state index in [0.717, 1.165) is 11.1 Å². The van der Waals surface area contributed by atoms with Crippen LogP contribution in [0, 0.1) is 0 Å². The van der Waals surface area contributed by atoms with Crippen molar-refractivity contribution in [3.63, 3.8) is 0 Å². The minimum absolute atomic E-state index is 0.0926. The Balaban J connectivity index is 0.000000391. The number of oxazole rings is 2. The van der Waals surface area contributed by atoms with Crippen LogP contribution in [0.5, 0.6) is 0 Å². The van der Waals surface area contributed by atoms with Crippen LogP contribution in [0.15, 0.2) is 88.8 Å². The average molecular weight is 378 g/mol. The number of hydrogen-bond donors (Lipinski definition) is 1. The number of amides is 1. The van der Waals surface area contributed by atoms with E-state index in [2.05, 4.69) is 19.4 Å². The van der Waals surface area contributed by atoms with Crippen molar-refractivity contribution in [1.29, 1.82) is 0 Å². The highest BCUT2D eigenvalue weighted by molar-refractivity contribution is 5.65. The molecule has 1 amide bonds. The highest BCUT2D eigenvalue weighted by Gasteiger charge is 2.16. The number of pyridine rings is 1. The summed E-state index contributed by atoms with van der Waals surface area (Å²) >= 11 is 0. The van der Waals surface area contributed by atoms with Gasteiger partial charge in [-0.1, -0.05) is 30.3 Å². The fourth-order valence-corrected chi connectivity index (χ4v) is 2.37. The number of hydrogen-bond acceptors (Lipinski definition) is 6. The molecule has 3 heterocycles. The topological polar surface area (TPSA) is 105 Å². The molecule has 8 nitrogen and oxygen atoms in total. The zero-order chi connectivity index (χ0) is 19.6. The Morgan fingerprint density at radius 2 is 1.79 bits per heavy atom. The van der Waals surface area contributed by atoms with E-state index < -0.39 is 6.09 Å². The summed E-state index contributed by atoms with van der Waals surface area (Å²) < 4.78 is 9.87. The van der Waals surface area contributed by atoms with Crippen LogP contribution >= 0.6 is 0 Å². The third-order valence-electron chi connectivity index (χ3n) is 3.69. The SMILES string of the molecule is O=C(O)N(Cc1ccccc1)Cc1nc(-c2ccncc2)co1.c1cocn1. The molecule has 0 aliphatic heterocycles. The van der Waals surface area contributed by atoms with Crippen LogP contribution in [0.1, 0.15) is 11.5 Å². The zero-order valence-corrected chi connectivity index (χ0v) is 14.9. The van der Waals surface area contributed by atoms with Crippen LogP contribution in [-0.2, 0) is 13.1 Å². The second kappa shape index (κ2) is 9.67. The van der Waals surface area contributed by atoms with Gasteiger partial charge in [-0.3, -0.25) is 9.88 Å². The lowest BCUT2D eigenvalue weighted by atomic mass is 10.2. The van der Waals surface area contributed by atoms with Gasteiger partial charge >= 0.3 is 6.09 Å². The molecule has 0 aliphatic carbocycles. The predicted molar refractivity (Wildman–Crippen MR) is 100.0 cm³/mol. The van der Waals surface area contributed by atoms with E-state index in [4.69, 9.17) is 4.42 Å². The highest BCUT2D eigenvalue weighted by Crippen LogP contribution is 2.18. The van der Waals surface area contributed by atoms with Gasteiger partial charge in [0.15, 0.2) is 6.39 Å². The molecule has 0 fully saturated rings. The van der Waals surface area contributed by atoms with Crippen LogP contribution in [0.3, 0.4) is 0 Å². The fraction of sp³-hybridized carbons (Fsp3) is 0.100. The number of benzene rings is 1. The number of rotatable bonds is 5. The van der Waals surface area contributed by atoms with Crippen LogP contribution in [-0.4, -0.2) is 31.1 Å². The maximum absolute atomic E-state index is 11.4. The summed E-state index contributed by atoms with van der Waals surface area (Å²) in [6, 6.07) is 13.1. The second-order valence-electron chi connectivity index (χ2n) is 5.66. The molecule has 0 radical (unpaired) electrons. The third-order valence-corrected chi connectivity index (χ3v) is 3.69. The molecule has 1 aromatic carbocycles. The Labute approximate surface area is 161 Å². The van der Waals surface area contributed by atoms with Crippen molar-refractivity contribution in [1.82, 2.24) is 19.9 Å². The fourth-order valence-electron chi connectivity index (χ4n) is 2.37. The molecule has 0 saturated heterocycles. The second-order valence-corrected chi connectivity index (χ2v) is 5.66. The quantitative estimate of drug-likeness (QED) is 0.557. The van der Waals surface area contributed by atoms with Crippen molar-refractivity contribution in [2.24, 2.45) is 0 Å². The van der Waals surface area contributed by atoms with Crippen molar-refractivity contribution in [3.8, 4) is 11.3 Å². The molecular weight excluding hydrogens is 360 g/mol. The zero-order valence-electron chi connectivity index (χ0n) is 14.9. The van der Waals surface area contributed by atoms with Gasteiger partial charge in [-0.15, -0.1) is 0 Å². The summed E-state index contributed by atoms with van der Waals surface area (Å²) in [6.45, 7) is 0.373. The maximum Gasteiger partial charge on any atom is 0.408 e. The first-order chi connectivity index (χ1) is 13.7. The summed E-state index contributed by atoms with van der Waals surface area (Å²) in [5.74, 6) is 0.357. The van der Waals surface area contributed by atoms with Gasteiger partial charge in [-0.25, -0.2) is 14.8 Å².